The van der Waals surface area contributed by atoms with Crippen LogP contribution in [0.1, 0.15) is 29.5 Å². The molecule has 1 amide bonds. The summed E-state index contributed by atoms with van der Waals surface area (Å²) in [6, 6.07) is 14.9. The topological polar surface area (TPSA) is 46.5 Å². The number of carbonyl (C=O) groups excluding carboxylic acids is 1. The molecule has 0 aliphatic carbocycles. The Kier molecular flexibility index (Phi) is 4.86. The van der Waals surface area contributed by atoms with Gasteiger partial charge in [-0.2, -0.15) is 0 Å². The van der Waals surface area contributed by atoms with Crippen LogP contribution in [0, 0.1) is 0 Å². The second kappa shape index (κ2) is 7.65. The Morgan fingerprint density at radius 1 is 1.21 bits per heavy atom. The third kappa shape index (κ3) is 3.68. The normalized spacial score (nSPS) is 19.4. The van der Waals surface area contributed by atoms with Crippen molar-refractivity contribution in [3.63, 3.8) is 0 Å². The van der Waals surface area contributed by atoms with Crippen LogP contribution in [0.3, 0.4) is 0 Å². The molecule has 29 heavy (non-hydrogen) atoms. The van der Waals surface area contributed by atoms with Gasteiger partial charge in [-0.05, 0) is 54.2 Å². The molecule has 5 heteroatoms. The van der Waals surface area contributed by atoms with Gasteiger partial charge >= 0.3 is 0 Å². The summed E-state index contributed by atoms with van der Waals surface area (Å²) in [5, 5.41) is 4.37. The highest BCUT2D eigenvalue weighted by Gasteiger charge is 2.24. The number of rotatable bonds is 4. The molecule has 0 radical (unpaired) electrons. The number of nitrogens with one attached hydrogen (secondary N) is 1. The van der Waals surface area contributed by atoms with Crippen LogP contribution in [0.2, 0.25) is 0 Å². The minimum Gasteiger partial charge on any atom is -0.368 e. The van der Waals surface area contributed by atoms with Gasteiger partial charge in [0.1, 0.15) is 6.10 Å². The van der Waals surface area contributed by atoms with Gasteiger partial charge in [-0.3, -0.25) is 9.69 Å². The van der Waals surface area contributed by atoms with Crippen LogP contribution < -0.4 is 5.32 Å². The van der Waals surface area contributed by atoms with E-state index in [1.165, 1.54) is 27.6 Å². The molecule has 1 N–H and O–H groups in total. The fraction of sp³-hybridized carbons (Fsp3) is 0.375. The molecule has 1 unspecified atom stereocenters. The summed E-state index contributed by atoms with van der Waals surface area (Å²) < 4.78 is 7.71. The highest BCUT2D eigenvalue weighted by molar-refractivity contribution is 5.94. The predicted octanol–water partition coefficient (Wildman–Crippen LogP) is 3.85. The van der Waals surface area contributed by atoms with Gasteiger partial charge < -0.3 is 14.6 Å². The van der Waals surface area contributed by atoms with Crippen LogP contribution in [0.25, 0.3) is 10.9 Å². The number of benzene rings is 2. The zero-order valence-electron chi connectivity index (χ0n) is 16.9. The molecule has 3 aromatic rings. The van der Waals surface area contributed by atoms with Crippen LogP contribution in [-0.4, -0.2) is 34.6 Å². The van der Waals surface area contributed by atoms with Gasteiger partial charge in [-0.15, -0.1) is 0 Å². The molecule has 1 saturated heterocycles. The smallest absolute Gasteiger partial charge is 0.253 e. The number of fused-ring (bicyclic) bond motifs is 2. The molecular weight excluding hydrogens is 362 g/mol. The number of carbonyl (C=O) groups is 1. The van der Waals surface area contributed by atoms with Crippen molar-refractivity contribution in [1.82, 2.24) is 9.47 Å². The van der Waals surface area contributed by atoms with E-state index < -0.39 is 0 Å². The molecule has 0 spiro atoms. The summed E-state index contributed by atoms with van der Waals surface area (Å²) in [6.45, 7) is 3.58. The average Bonchev–Trinajstić information content (AvgIpc) is 3.37. The number of anilines is 1. The summed E-state index contributed by atoms with van der Waals surface area (Å²) in [4.78, 5) is 14.9. The molecule has 2 aliphatic heterocycles. The van der Waals surface area contributed by atoms with Crippen molar-refractivity contribution in [1.29, 1.82) is 0 Å². The maximum absolute atomic E-state index is 12.4. The molecule has 2 aliphatic rings. The Hall–Kier alpha value is -2.63. The quantitative estimate of drug-likeness (QED) is 0.737. The number of hydrogen-bond donors (Lipinski definition) is 1. The average molecular weight is 389 g/mol. The molecule has 1 aromatic heterocycles. The Morgan fingerprint density at radius 3 is 2.97 bits per heavy atom. The Bertz CT molecular complexity index is 1050. The summed E-state index contributed by atoms with van der Waals surface area (Å²) in [6.07, 6.45) is 4.77. The third-order valence-electron chi connectivity index (χ3n) is 6.16. The highest BCUT2D eigenvalue weighted by atomic mass is 16.5. The summed E-state index contributed by atoms with van der Waals surface area (Å²) in [5.74, 6) is -0.0223. The molecule has 2 aromatic carbocycles. The molecular formula is C24H27N3O2. The van der Waals surface area contributed by atoms with Crippen molar-refractivity contribution in [3.05, 3.63) is 65.4 Å². The Morgan fingerprint density at radius 2 is 2.10 bits per heavy atom. The lowest BCUT2D eigenvalue weighted by Gasteiger charge is -2.29. The molecule has 0 saturated carbocycles. The number of hydrogen-bond acceptors (Lipinski definition) is 3. The Labute approximate surface area is 171 Å². The number of ether oxygens (including phenoxy) is 1. The van der Waals surface area contributed by atoms with Crippen molar-refractivity contribution in [2.24, 2.45) is 7.05 Å². The number of para-hydroxylation sites is 1. The van der Waals surface area contributed by atoms with Gasteiger partial charge in [0.15, 0.2) is 0 Å². The van der Waals surface area contributed by atoms with Gasteiger partial charge in [0.25, 0.3) is 5.91 Å². The van der Waals surface area contributed by atoms with E-state index in [0.717, 1.165) is 44.6 Å². The van der Waals surface area contributed by atoms with E-state index in [1.807, 2.05) is 6.07 Å². The number of amides is 1. The van der Waals surface area contributed by atoms with Crippen molar-refractivity contribution >= 4 is 22.5 Å². The van der Waals surface area contributed by atoms with Crippen LogP contribution in [0.4, 0.5) is 5.69 Å². The van der Waals surface area contributed by atoms with Gasteiger partial charge in [0.05, 0.1) is 0 Å². The molecule has 5 rings (SSSR count). The Balaban J connectivity index is 1.31. The van der Waals surface area contributed by atoms with Crippen LogP contribution in [0.15, 0.2) is 48.7 Å². The van der Waals surface area contributed by atoms with E-state index in [0.29, 0.717) is 6.61 Å². The number of aromatic nitrogens is 1. The first-order valence-electron chi connectivity index (χ1n) is 10.5. The van der Waals surface area contributed by atoms with Crippen LogP contribution in [0.5, 0.6) is 0 Å². The minimum atomic E-state index is -0.297. The third-order valence-corrected chi connectivity index (χ3v) is 6.16. The standard InChI is InChI=1S/C24H27N3O2/c1-26-14-19(21-5-2-3-6-22(21)26)16-27-11-10-17-8-9-20(13-18(17)15-27)25-24(28)23-7-4-12-29-23/h2-3,5-6,8-9,13-14,23H,4,7,10-12,15-16H2,1H3,(H,25,28). The highest BCUT2D eigenvalue weighted by Crippen LogP contribution is 2.27. The van der Waals surface area contributed by atoms with E-state index in [-0.39, 0.29) is 12.0 Å². The molecule has 1 atom stereocenters. The lowest BCUT2D eigenvalue weighted by atomic mass is 9.98. The summed E-state index contributed by atoms with van der Waals surface area (Å²) in [5.41, 5.74) is 6.21. The fourth-order valence-corrected chi connectivity index (χ4v) is 4.63. The van der Waals surface area contributed by atoms with Crippen molar-refractivity contribution in [2.75, 3.05) is 18.5 Å². The molecule has 150 valence electrons. The second-order valence-corrected chi connectivity index (χ2v) is 8.22. The van der Waals surface area contributed by atoms with Gasteiger partial charge in [0, 0.05) is 56.1 Å². The van der Waals surface area contributed by atoms with E-state index in [4.69, 9.17) is 4.74 Å². The van der Waals surface area contributed by atoms with E-state index in [9.17, 15) is 4.79 Å². The molecule has 0 bridgehead atoms. The minimum absolute atomic E-state index is 0.0223. The predicted molar refractivity (Wildman–Crippen MR) is 115 cm³/mol. The van der Waals surface area contributed by atoms with Crippen LogP contribution >= 0.6 is 0 Å². The van der Waals surface area contributed by atoms with E-state index >= 15 is 0 Å². The summed E-state index contributed by atoms with van der Waals surface area (Å²) in [7, 11) is 2.11. The number of aryl methyl sites for hydroxylation is 1. The molecule has 5 nitrogen and oxygen atoms in total. The SMILES string of the molecule is Cn1cc(CN2CCc3ccc(NC(=O)C4CCCO4)cc3C2)c2ccccc21. The van der Waals surface area contributed by atoms with Gasteiger partial charge in [0.2, 0.25) is 0 Å². The lowest BCUT2D eigenvalue weighted by Crippen LogP contribution is -2.30. The van der Waals surface area contributed by atoms with E-state index in [2.05, 4.69) is 64.4 Å². The van der Waals surface area contributed by atoms with Gasteiger partial charge in [-0.25, -0.2) is 0 Å². The molecule has 3 heterocycles. The lowest BCUT2D eigenvalue weighted by molar-refractivity contribution is -0.124. The second-order valence-electron chi connectivity index (χ2n) is 8.22. The maximum Gasteiger partial charge on any atom is 0.253 e. The number of nitrogens with zero attached hydrogens (tertiary/aromatic N) is 2. The van der Waals surface area contributed by atoms with E-state index in [1.54, 1.807) is 0 Å². The van der Waals surface area contributed by atoms with Gasteiger partial charge in [-0.1, -0.05) is 24.3 Å². The molecule has 1 fully saturated rings. The fourth-order valence-electron chi connectivity index (χ4n) is 4.63. The zero-order valence-corrected chi connectivity index (χ0v) is 16.9. The largest absolute Gasteiger partial charge is 0.368 e. The summed E-state index contributed by atoms with van der Waals surface area (Å²) >= 11 is 0. The van der Waals surface area contributed by atoms with Crippen molar-refractivity contribution in [3.8, 4) is 0 Å². The monoisotopic (exact) mass is 389 g/mol. The van der Waals surface area contributed by atoms with Crippen molar-refractivity contribution < 1.29 is 9.53 Å². The first kappa shape index (κ1) is 18.4. The zero-order chi connectivity index (χ0) is 19.8. The van der Waals surface area contributed by atoms with Crippen LogP contribution in [-0.2, 0) is 36.1 Å². The maximum atomic E-state index is 12.4. The first-order valence-corrected chi connectivity index (χ1v) is 10.5. The first-order chi connectivity index (χ1) is 14.2. The van der Waals surface area contributed by atoms with Crippen molar-refractivity contribution in [2.45, 2.75) is 38.5 Å².